The van der Waals surface area contributed by atoms with E-state index < -0.39 is 23.5 Å². The van der Waals surface area contributed by atoms with E-state index in [-0.39, 0.29) is 24.6 Å². The number of hydrogen-bond acceptors (Lipinski definition) is 3. The minimum absolute atomic E-state index is 0.0193. The van der Waals surface area contributed by atoms with Crippen molar-refractivity contribution in [3.05, 3.63) is 59.7 Å². The second-order valence-corrected chi connectivity index (χ2v) is 7.88. The first-order chi connectivity index (χ1) is 15.8. The molecule has 0 fully saturated rings. The number of hydrogen-bond donors (Lipinski definition) is 1. The molecule has 2 rings (SSSR count). The molecule has 0 atom stereocenters. The average Bonchev–Trinajstić information content (AvgIpc) is 2.77. The molecule has 0 unspecified atom stereocenters. The van der Waals surface area contributed by atoms with Crippen LogP contribution < -0.4 is 9.64 Å². The van der Waals surface area contributed by atoms with Crippen molar-refractivity contribution in [2.24, 2.45) is 0 Å². The summed E-state index contributed by atoms with van der Waals surface area (Å²) in [5.74, 6) is 0.237. The van der Waals surface area contributed by atoms with Crippen molar-refractivity contribution in [2.45, 2.75) is 57.0 Å². The topological polar surface area (TPSA) is 49.8 Å². The van der Waals surface area contributed by atoms with Gasteiger partial charge in [0.05, 0.1) is 13.5 Å². The number of ether oxygens (including phenoxy) is 1. The van der Waals surface area contributed by atoms with E-state index in [1.807, 2.05) is 6.92 Å². The number of methoxy groups -OCH3 is 1. The van der Waals surface area contributed by atoms with Gasteiger partial charge in [-0.05, 0) is 36.2 Å². The predicted molar refractivity (Wildman–Crippen MR) is 116 cm³/mol. The fraction of sp³-hybridized carbons (Fsp3) is 0.458. The maximum Gasteiger partial charge on any atom is 0.430 e. The van der Waals surface area contributed by atoms with E-state index in [0.717, 1.165) is 31.4 Å². The number of unbranched alkanes of at least 4 members (excludes halogenated alkanes) is 3. The molecule has 2 aromatic rings. The Labute approximate surface area is 194 Å². The number of benzene rings is 2. The molecule has 0 aliphatic carbocycles. The van der Waals surface area contributed by atoms with Gasteiger partial charge in [-0.15, -0.1) is 0 Å². The van der Waals surface area contributed by atoms with Gasteiger partial charge in [-0.25, -0.2) is 0 Å². The molecular formula is C24H27F6NO3. The number of anilines is 1. The Hall–Kier alpha value is -2.75. The summed E-state index contributed by atoms with van der Waals surface area (Å²) < 4.78 is 84.1. The van der Waals surface area contributed by atoms with Gasteiger partial charge in [0.15, 0.2) is 0 Å². The third-order valence-corrected chi connectivity index (χ3v) is 5.47. The van der Waals surface area contributed by atoms with Gasteiger partial charge in [0.25, 0.3) is 5.60 Å². The van der Waals surface area contributed by atoms with E-state index in [9.17, 15) is 36.2 Å². The number of nitrogens with zero attached hydrogens (tertiary/aromatic N) is 1. The van der Waals surface area contributed by atoms with Crippen molar-refractivity contribution in [2.75, 3.05) is 18.6 Å². The van der Waals surface area contributed by atoms with E-state index >= 15 is 0 Å². The SMILES string of the molecule is CCCCCCN(C(=O)Cc1ccc(OC)cc1)c1ccc(C(O)(C(F)(F)F)C(F)(F)F)cc1. The average molecular weight is 491 g/mol. The molecule has 0 aromatic heterocycles. The number of amides is 1. The van der Waals surface area contributed by atoms with Crippen LogP contribution in [0.2, 0.25) is 0 Å². The van der Waals surface area contributed by atoms with Gasteiger partial charge in [0.2, 0.25) is 5.91 Å². The van der Waals surface area contributed by atoms with Gasteiger partial charge in [0.1, 0.15) is 5.75 Å². The highest BCUT2D eigenvalue weighted by molar-refractivity contribution is 5.94. The minimum atomic E-state index is -5.98. The lowest BCUT2D eigenvalue weighted by Gasteiger charge is -2.33. The second kappa shape index (κ2) is 11.1. The van der Waals surface area contributed by atoms with Crippen molar-refractivity contribution in [1.29, 1.82) is 0 Å². The van der Waals surface area contributed by atoms with Crippen molar-refractivity contribution in [1.82, 2.24) is 0 Å². The quantitative estimate of drug-likeness (QED) is 0.320. The van der Waals surface area contributed by atoms with Crippen molar-refractivity contribution in [3.8, 4) is 5.75 Å². The van der Waals surface area contributed by atoms with Crippen LogP contribution in [0.3, 0.4) is 0 Å². The lowest BCUT2D eigenvalue weighted by molar-refractivity contribution is -0.376. The molecule has 34 heavy (non-hydrogen) atoms. The molecule has 4 nitrogen and oxygen atoms in total. The first-order valence-corrected chi connectivity index (χ1v) is 10.7. The number of alkyl halides is 6. The first-order valence-electron chi connectivity index (χ1n) is 10.7. The Morgan fingerprint density at radius 3 is 1.91 bits per heavy atom. The Morgan fingerprint density at radius 1 is 0.882 bits per heavy atom. The van der Waals surface area contributed by atoms with Gasteiger partial charge in [-0.3, -0.25) is 4.79 Å². The number of rotatable bonds is 10. The van der Waals surface area contributed by atoms with Crippen LogP contribution in [0.25, 0.3) is 0 Å². The number of aliphatic hydroxyl groups is 1. The van der Waals surface area contributed by atoms with Gasteiger partial charge in [-0.1, -0.05) is 50.5 Å². The van der Waals surface area contributed by atoms with Crippen LogP contribution >= 0.6 is 0 Å². The molecule has 0 saturated carbocycles. The molecule has 188 valence electrons. The maximum absolute atomic E-state index is 13.2. The number of carbonyl (C=O) groups is 1. The first kappa shape index (κ1) is 27.5. The van der Waals surface area contributed by atoms with Gasteiger partial charge >= 0.3 is 12.4 Å². The largest absolute Gasteiger partial charge is 0.497 e. The van der Waals surface area contributed by atoms with E-state index in [0.29, 0.717) is 29.9 Å². The fourth-order valence-corrected chi connectivity index (χ4v) is 3.48. The van der Waals surface area contributed by atoms with Crippen molar-refractivity contribution < 1.29 is 41.0 Å². The molecule has 0 saturated heterocycles. The second-order valence-electron chi connectivity index (χ2n) is 7.88. The summed E-state index contributed by atoms with van der Waals surface area (Å²) in [7, 11) is 1.50. The van der Waals surface area contributed by atoms with Crippen molar-refractivity contribution >= 4 is 11.6 Å². The van der Waals surface area contributed by atoms with E-state index in [4.69, 9.17) is 4.74 Å². The molecule has 0 aliphatic heterocycles. The third-order valence-electron chi connectivity index (χ3n) is 5.47. The van der Waals surface area contributed by atoms with E-state index in [1.54, 1.807) is 24.3 Å². The molecule has 0 heterocycles. The summed E-state index contributed by atoms with van der Waals surface area (Å²) >= 11 is 0. The lowest BCUT2D eigenvalue weighted by atomic mass is 9.92. The number of halogens is 6. The highest BCUT2D eigenvalue weighted by Gasteiger charge is 2.71. The summed E-state index contributed by atoms with van der Waals surface area (Å²) in [6.45, 7) is 2.25. The molecule has 10 heteroatoms. The van der Waals surface area contributed by atoms with Crippen LogP contribution in [0.15, 0.2) is 48.5 Å². The molecule has 1 N–H and O–H groups in total. The molecular weight excluding hydrogens is 464 g/mol. The maximum atomic E-state index is 13.2. The van der Waals surface area contributed by atoms with Crippen LogP contribution in [-0.4, -0.2) is 37.0 Å². The summed E-state index contributed by atoms with van der Waals surface area (Å²) in [4.78, 5) is 14.4. The Kier molecular flexibility index (Phi) is 8.99. The van der Waals surface area contributed by atoms with Gasteiger partial charge in [0, 0.05) is 17.8 Å². The van der Waals surface area contributed by atoms with E-state index in [1.165, 1.54) is 12.0 Å². The molecule has 0 aliphatic rings. The normalized spacial score (nSPS) is 12.5. The molecule has 0 bridgehead atoms. The highest BCUT2D eigenvalue weighted by Crippen LogP contribution is 2.50. The summed E-state index contributed by atoms with van der Waals surface area (Å²) in [5.41, 5.74) is -5.57. The van der Waals surface area contributed by atoms with Crippen LogP contribution in [0.4, 0.5) is 32.0 Å². The van der Waals surface area contributed by atoms with Crippen molar-refractivity contribution in [3.63, 3.8) is 0 Å². The van der Waals surface area contributed by atoms with Crippen LogP contribution in [0, 0.1) is 0 Å². The summed E-state index contributed by atoms with van der Waals surface area (Å²) in [6.07, 6.45) is -8.68. The standard InChI is InChI=1S/C24H27F6NO3/c1-3-4-5-6-15-31(21(32)16-17-7-13-20(34-2)14-8-17)19-11-9-18(10-12-19)22(33,23(25,26)27)24(28,29)30/h7-14,33H,3-6,15-16H2,1-2H3. The Bertz CT molecular complexity index is 910. The van der Waals surface area contributed by atoms with E-state index in [2.05, 4.69) is 0 Å². The molecule has 2 aromatic carbocycles. The summed E-state index contributed by atoms with van der Waals surface area (Å²) in [6, 6.07) is 9.83. The minimum Gasteiger partial charge on any atom is -0.497 e. The Morgan fingerprint density at radius 2 is 1.44 bits per heavy atom. The smallest absolute Gasteiger partial charge is 0.430 e. The zero-order valence-electron chi connectivity index (χ0n) is 18.8. The molecule has 0 radical (unpaired) electrons. The molecule has 1 amide bonds. The van der Waals surface area contributed by atoms with Crippen LogP contribution in [0.1, 0.15) is 43.7 Å². The zero-order chi connectivity index (χ0) is 25.6. The lowest BCUT2D eigenvalue weighted by Crippen LogP contribution is -2.53. The summed E-state index contributed by atoms with van der Waals surface area (Å²) in [5, 5.41) is 9.59. The van der Waals surface area contributed by atoms with Gasteiger partial charge in [-0.2, -0.15) is 26.3 Å². The predicted octanol–water partition coefficient (Wildman–Crippen LogP) is 6.16. The molecule has 0 spiro atoms. The third kappa shape index (κ3) is 6.22. The monoisotopic (exact) mass is 491 g/mol. The van der Waals surface area contributed by atoms with Gasteiger partial charge < -0.3 is 14.7 Å². The Balaban J connectivity index is 2.33. The number of carbonyl (C=O) groups excluding carboxylic acids is 1. The highest BCUT2D eigenvalue weighted by atomic mass is 19.4. The van der Waals surface area contributed by atoms with Crippen LogP contribution in [-0.2, 0) is 16.8 Å². The zero-order valence-corrected chi connectivity index (χ0v) is 18.8. The fourth-order valence-electron chi connectivity index (χ4n) is 3.48. The van der Waals surface area contributed by atoms with Crippen LogP contribution in [0.5, 0.6) is 5.75 Å².